The minimum absolute atomic E-state index is 0.160. The zero-order valence-electron chi connectivity index (χ0n) is 6.21. The van der Waals surface area contributed by atoms with Gasteiger partial charge in [-0.3, -0.25) is 0 Å². The number of carbonyl (C=O) groups excluding carboxylic acids is 1. The van der Waals surface area contributed by atoms with E-state index in [1.807, 2.05) is 0 Å². The first-order chi connectivity index (χ1) is 5.26. The van der Waals surface area contributed by atoms with Crippen LogP contribution in [0.25, 0.3) is 0 Å². The molecule has 0 aromatic rings. The fraction of sp³-hybridized carbons (Fsp3) is 0.800. The van der Waals surface area contributed by atoms with Gasteiger partial charge < -0.3 is 10.2 Å². The Bertz CT molecular complexity index is 142. The van der Waals surface area contributed by atoms with E-state index in [0.29, 0.717) is 12.4 Å². The second-order valence-corrected chi connectivity index (χ2v) is 2.16. The number of nitroso groups, excluding NO2 is 1. The maximum absolute atomic E-state index is 10.8. The number of alkyl halides is 1. The highest BCUT2D eigenvalue weighted by molar-refractivity contribution is 6.18. The van der Waals surface area contributed by atoms with Crippen LogP contribution >= 0.6 is 11.6 Å². The summed E-state index contributed by atoms with van der Waals surface area (Å²) < 4.78 is 0. The van der Waals surface area contributed by atoms with Gasteiger partial charge >= 0.3 is 6.03 Å². The minimum Gasteiger partial charge on any atom is -0.341 e. The summed E-state index contributed by atoms with van der Waals surface area (Å²) >= 11 is 5.37. The molecule has 0 saturated heterocycles. The number of carbonyl (C=O) groups is 1. The van der Waals surface area contributed by atoms with Crippen molar-refractivity contribution in [3.63, 3.8) is 0 Å². The Labute approximate surface area is 69.7 Å². The van der Waals surface area contributed by atoms with Crippen LogP contribution in [0.4, 0.5) is 4.79 Å². The van der Waals surface area contributed by atoms with Gasteiger partial charge in [-0.05, 0) is 5.18 Å². The Morgan fingerprint density at radius 1 is 1.73 bits per heavy atom. The van der Waals surface area contributed by atoms with Crippen molar-refractivity contribution in [2.45, 2.75) is 0 Å². The Morgan fingerprint density at radius 3 is 2.73 bits per heavy atom. The predicted octanol–water partition coefficient (Wildman–Crippen LogP) is 0.591. The van der Waals surface area contributed by atoms with Crippen molar-refractivity contribution in [1.29, 1.82) is 0 Å². The molecule has 5 nitrogen and oxygen atoms in total. The van der Waals surface area contributed by atoms with Crippen LogP contribution in [0.5, 0.6) is 0 Å². The molecule has 0 aliphatic rings. The third kappa shape index (κ3) is 3.77. The van der Waals surface area contributed by atoms with Gasteiger partial charge in [0.1, 0.15) is 0 Å². The number of rotatable bonds is 4. The fourth-order valence-corrected chi connectivity index (χ4v) is 0.770. The van der Waals surface area contributed by atoms with Gasteiger partial charge in [-0.25, -0.2) is 4.79 Å². The van der Waals surface area contributed by atoms with Crippen molar-refractivity contribution in [2.75, 3.05) is 26.1 Å². The zero-order chi connectivity index (χ0) is 8.69. The van der Waals surface area contributed by atoms with Gasteiger partial charge in [0, 0.05) is 19.5 Å². The average molecular weight is 180 g/mol. The van der Waals surface area contributed by atoms with E-state index in [4.69, 9.17) is 11.6 Å². The summed E-state index contributed by atoms with van der Waals surface area (Å²) in [4.78, 5) is 21.9. The first-order valence-corrected chi connectivity index (χ1v) is 3.61. The van der Waals surface area contributed by atoms with Crippen LogP contribution in [-0.2, 0) is 0 Å². The van der Waals surface area contributed by atoms with E-state index >= 15 is 0 Å². The number of urea groups is 1. The third-order valence-corrected chi connectivity index (χ3v) is 1.25. The largest absolute Gasteiger partial charge is 0.341 e. The van der Waals surface area contributed by atoms with Crippen LogP contribution in [-0.4, -0.2) is 37.1 Å². The van der Waals surface area contributed by atoms with Crippen LogP contribution in [0.15, 0.2) is 5.18 Å². The first-order valence-electron chi connectivity index (χ1n) is 3.08. The molecule has 2 amide bonds. The van der Waals surface area contributed by atoms with Crippen LogP contribution in [0, 0.1) is 4.91 Å². The molecule has 1 N–H and O–H groups in total. The van der Waals surface area contributed by atoms with Gasteiger partial charge in [0.2, 0.25) is 0 Å². The molecule has 0 aromatic heterocycles. The van der Waals surface area contributed by atoms with E-state index < -0.39 is 0 Å². The molecule has 11 heavy (non-hydrogen) atoms. The summed E-state index contributed by atoms with van der Waals surface area (Å²) in [5.74, 6) is 0.295. The second-order valence-electron chi connectivity index (χ2n) is 1.78. The van der Waals surface area contributed by atoms with Crippen molar-refractivity contribution in [1.82, 2.24) is 10.2 Å². The van der Waals surface area contributed by atoms with E-state index in [1.165, 1.54) is 11.9 Å². The van der Waals surface area contributed by atoms with Gasteiger partial charge in [0.25, 0.3) is 0 Å². The minimum atomic E-state index is -0.342. The van der Waals surface area contributed by atoms with Crippen molar-refractivity contribution >= 4 is 17.6 Å². The lowest BCUT2D eigenvalue weighted by Crippen LogP contribution is -2.39. The Kier molecular flexibility index (Phi) is 5.46. The molecule has 0 heterocycles. The zero-order valence-corrected chi connectivity index (χ0v) is 6.97. The lowest BCUT2D eigenvalue weighted by Gasteiger charge is -2.16. The quantitative estimate of drug-likeness (QED) is 0.507. The molecule has 0 saturated carbocycles. The number of amides is 2. The molecule has 0 fully saturated rings. The molecule has 0 atom stereocenters. The molecule has 0 aliphatic carbocycles. The van der Waals surface area contributed by atoms with Gasteiger partial charge in [-0.2, -0.15) is 0 Å². The summed E-state index contributed by atoms with van der Waals surface area (Å²) in [5.41, 5.74) is 0. The highest BCUT2D eigenvalue weighted by Gasteiger charge is 2.09. The fourth-order valence-electron chi connectivity index (χ4n) is 0.566. The lowest BCUT2D eigenvalue weighted by molar-refractivity contribution is 0.204. The van der Waals surface area contributed by atoms with Gasteiger partial charge in [0.05, 0.1) is 0 Å². The topological polar surface area (TPSA) is 61.8 Å². The average Bonchev–Trinajstić information content (AvgIpc) is 2.03. The lowest BCUT2D eigenvalue weighted by atomic mass is 10.6. The maximum Gasteiger partial charge on any atom is 0.318 e. The van der Waals surface area contributed by atoms with E-state index in [2.05, 4.69) is 10.5 Å². The first kappa shape index (κ1) is 10.2. The van der Waals surface area contributed by atoms with Crippen LogP contribution in [0.2, 0.25) is 0 Å². The van der Waals surface area contributed by atoms with Gasteiger partial charge in [-0.15, -0.1) is 16.5 Å². The molecule has 0 aliphatic heterocycles. The van der Waals surface area contributed by atoms with E-state index in [-0.39, 0.29) is 12.7 Å². The monoisotopic (exact) mass is 179 g/mol. The molecule has 0 radical (unpaired) electrons. The van der Waals surface area contributed by atoms with Crippen LogP contribution in [0.3, 0.4) is 0 Å². The normalized spacial score (nSPS) is 8.91. The van der Waals surface area contributed by atoms with Gasteiger partial charge in [-0.1, -0.05) is 0 Å². The molecule has 0 unspecified atom stereocenters. The SMILES string of the molecule is CNC(=O)N(CCCl)CN=O. The van der Waals surface area contributed by atoms with Crippen molar-refractivity contribution < 1.29 is 4.79 Å². The molecule has 0 bridgehead atoms. The molecule has 0 aromatic carbocycles. The van der Waals surface area contributed by atoms with Crippen LogP contribution in [0.1, 0.15) is 0 Å². The van der Waals surface area contributed by atoms with Gasteiger partial charge in [0.15, 0.2) is 6.67 Å². The summed E-state index contributed by atoms with van der Waals surface area (Å²) in [6.45, 7) is 0.166. The number of nitrogens with zero attached hydrogens (tertiary/aromatic N) is 2. The Balaban J connectivity index is 3.86. The highest BCUT2D eigenvalue weighted by atomic mass is 35.5. The van der Waals surface area contributed by atoms with E-state index in [1.54, 1.807) is 0 Å². The Morgan fingerprint density at radius 2 is 2.36 bits per heavy atom. The molecule has 64 valence electrons. The second kappa shape index (κ2) is 5.91. The molecular formula is C5H10ClN3O2. The number of hydrogen-bond acceptors (Lipinski definition) is 3. The number of halogens is 1. The standard InChI is InChI=1S/C5H10ClN3O2/c1-7-5(10)9(3-2-6)4-8-11/h2-4H2,1H3,(H,7,10). The third-order valence-electron chi connectivity index (χ3n) is 1.08. The predicted molar refractivity (Wildman–Crippen MR) is 42.5 cm³/mol. The van der Waals surface area contributed by atoms with Crippen LogP contribution < -0.4 is 5.32 Å². The van der Waals surface area contributed by atoms with Crippen molar-refractivity contribution in [3.8, 4) is 0 Å². The van der Waals surface area contributed by atoms with Crippen molar-refractivity contribution in [2.24, 2.45) is 5.18 Å². The Hall–Kier alpha value is -0.840. The maximum atomic E-state index is 10.8. The smallest absolute Gasteiger partial charge is 0.318 e. The molecule has 0 spiro atoms. The highest BCUT2D eigenvalue weighted by Crippen LogP contribution is 1.90. The molecule has 6 heteroatoms. The van der Waals surface area contributed by atoms with E-state index in [9.17, 15) is 9.70 Å². The number of nitrogens with one attached hydrogen (secondary N) is 1. The molecular weight excluding hydrogens is 170 g/mol. The van der Waals surface area contributed by atoms with Crippen molar-refractivity contribution in [3.05, 3.63) is 4.91 Å². The summed E-state index contributed by atoms with van der Waals surface area (Å²) in [5, 5.41) is 4.94. The summed E-state index contributed by atoms with van der Waals surface area (Å²) in [6.07, 6.45) is 0. The summed E-state index contributed by atoms with van der Waals surface area (Å²) in [6, 6.07) is -0.342. The summed E-state index contributed by atoms with van der Waals surface area (Å²) in [7, 11) is 1.48. The van der Waals surface area contributed by atoms with E-state index in [0.717, 1.165) is 0 Å². The molecule has 0 rings (SSSR count). The number of hydrogen-bond donors (Lipinski definition) is 1.